The van der Waals surface area contributed by atoms with Gasteiger partial charge < -0.3 is 16.2 Å². The number of nitrogens with zero attached hydrogens (tertiary/aromatic N) is 4. The number of carbonyl (C=O) groups excluding carboxylic acids is 1. The van der Waals surface area contributed by atoms with Gasteiger partial charge in [0.05, 0.1) is 17.9 Å². The zero-order chi connectivity index (χ0) is 15.4. The molecule has 1 atom stereocenters. The van der Waals surface area contributed by atoms with Gasteiger partial charge in [0.25, 0.3) is 0 Å². The molecule has 21 heavy (non-hydrogen) atoms. The number of hydrogen-bond acceptors (Lipinski definition) is 7. The Morgan fingerprint density at radius 1 is 1.52 bits per heavy atom. The normalized spacial score (nSPS) is 12.1. The molecular formula is C11H14N6O3S. The van der Waals surface area contributed by atoms with Gasteiger partial charge in [0.1, 0.15) is 6.04 Å². The van der Waals surface area contributed by atoms with Crippen molar-refractivity contribution in [3.05, 3.63) is 23.0 Å². The summed E-state index contributed by atoms with van der Waals surface area (Å²) in [6.45, 7) is 1.79. The summed E-state index contributed by atoms with van der Waals surface area (Å²) in [6.07, 6.45) is 1.74. The average molecular weight is 310 g/mol. The molecule has 0 radical (unpaired) electrons. The molecule has 1 unspecified atom stereocenters. The third kappa shape index (κ3) is 4.33. The number of rotatable bonds is 6. The van der Waals surface area contributed by atoms with E-state index in [9.17, 15) is 9.59 Å². The predicted molar refractivity (Wildman–Crippen MR) is 74.9 cm³/mol. The molecule has 2 aromatic rings. The second-order valence-electron chi connectivity index (χ2n) is 4.38. The number of hydrogen-bond donors (Lipinski definition) is 3. The van der Waals surface area contributed by atoms with Crippen molar-refractivity contribution in [2.75, 3.05) is 5.32 Å². The first kappa shape index (κ1) is 15.1. The first-order valence-electron chi connectivity index (χ1n) is 6.03. The Kier molecular flexibility index (Phi) is 4.60. The summed E-state index contributed by atoms with van der Waals surface area (Å²) in [5.41, 5.74) is 6.66. The van der Waals surface area contributed by atoms with Crippen molar-refractivity contribution in [1.29, 1.82) is 0 Å². The number of thiazole rings is 1. The Balaban J connectivity index is 1.97. The average Bonchev–Trinajstić information content (AvgIpc) is 2.99. The quantitative estimate of drug-likeness (QED) is 0.666. The molecule has 4 N–H and O–H groups in total. The standard InChI is InChI=1S/C11H14N6O3S/c1-6(18)13-11-14-8(5-21-11)4-17-3-7(15-16-17)2-9(12)10(19)20/h3,5,9H,2,4,12H2,1H3,(H,19,20)(H,13,14,18). The Labute approximate surface area is 123 Å². The van der Waals surface area contributed by atoms with Crippen LogP contribution in [0.4, 0.5) is 5.13 Å². The molecule has 10 heteroatoms. The summed E-state index contributed by atoms with van der Waals surface area (Å²) in [5.74, 6) is -1.26. The van der Waals surface area contributed by atoms with Crippen LogP contribution in [0.15, 0.2) is 11.6 Å². The number of anilines is 1. The van der Waals surface area contributed by atoms with E-state index in [1.54, 1.807) is 11.6 Å². The predicted octanol–water partition coefficient (Wildman–Crippen LogP) is -0.304. The third-order valence-electron chi connectivity index (χ3n) is 2.49. The lowest BCUT2D eigenvalue weighted by Gasteiger charge is -2.01. The van der Waals surface area contributed by atoms with Crippen LogP contribution in [-0.4, -0.2) is 43.0 Å². The second-order valence-corrected chi connectivity index (χ2v) is 5.24. The molecule has 2 heterocycles. The van der Waals surface area contributed by atoms with E-state index < -0.39 is 12.0 Å². The van der Waals surface area contributed by atoms with Crippen LogP contribution in [0, 0.1) is 0 Å². The molecule has 2 rings (SSSR count). The van der Waals surface area contributed by atoms with E-state index in [0.717, 1.165) is 5.69 Å². The fourth-order valence-corrected chi connectivity index (χ4v) is 2.32. The lowest BCUT2D eigenvalue weighted by atomic mass is 10.2. The lowest BCUT2D eigenvalue weighted by molar-refractivity contribution is -0.138. The van der Waals surface area contributed by atoms with Crippen LogP contribution in [0.3, 0.4) is 0 Å². The van der Waals surface area contributed by atoms with Gasteiger partial charge >= 0.3 is 5.97 Å². The Morgan fingerprint density at radius 2 is 2.29 bits per heavy atom. The maximum Gasteiger partial charge on any atom is 0.320 e. The molecule has 0 spiro atoms. The zero-order valence-corrected chi connectivity index (χ0v) is 12.0. The molecule has 0 saturated carbocycles. The van der Waals surface area contributed by atoms with Gasteiger partial charge in [-0.3, -0.25) is 9.59 Å². The fourth-order valence-electron chi connectivity index (χ4n) is 1.58. The highest BCUT2D eigenvalue weighted by atomic mass is 32.1. The maximum atomic E-state index is 10.9. The Morgan fingerprint density at radius 3 is 2.95 bits per heavy atom. The first-order valence-corrected chi connectivity index (χ1v) is 6.91. The molecule has 0 aliphatic carbocycles. The minimum Gasteiger partial charge on any atom is -0.480 e. The molecule has 1 amide bonds. The van der Waals surface area contributed by atoms with Gasteiger partial charge in [-0.1, -0.05) is 5.21 Å². The SMILES string of the molecule is CC(=O)Nc1nc(Cn2cc(CC(N)C(=O)O)nn2)cs1. The molecule has 0 bridgehead atoms. The maximum absolute atomic E-state index is 10.9. The van der Waals surface area contributed by atoms with Crippen molar-refractivity contribution >= 4 is 28.3 Å². The summed E-state index contributed by atoms with van der Waals surface area (Å²) in [6, 6.07) is -0.999. The lowest BCUT2D eigenvalue weighted by Crippen LogP contribution is -2.32. The summed E-state index contributed by atoms with van der Waals surface area (Å²) in [4.78, 5) is 25.8. The van der Waals surface area contributed by atoms with Gasteiger partial charge in [-0.2, -0.15) is 0 Å². The molecule has 0 aliphatic heterocycles. The molecule has 0 fully saturated rings. The van der Waals surface area contributed by atoms with Crippen LogP contribution in [-0.2, 0) is 22.6 Å². The van der Waals surface area contributed by atoms with Gasteiger partial charge in [-0.05, 0) is 0 Å². The second kappa shape index (κ2) is 6.41. The highest BCUT2D eigenvalue weighted by Crippen LogP contribution is 2.16. The number of nitrogens with two attached hydrogens (primary N) is 1. The fraction of sp³-hybridized carbons (Fsp3) is 0.364. The molecular weight excluding hydrogens is 296 g/mol. The molecule has 2 aromatic heterocycles. The number of aromatic nitrogens is 4. The van der Waals surface area contributed by atoms with E-state index >= 15 is 0 Å². The molecule has 0 saturated heterocycles. The van der Waals surface area contributed by atoms with E-state index in [-0.39, 0.29) is 12.3 Å². The molecule has 9 nitrogen and oxygen atoms in total. The zero-order valence-electron chi connectivity index (χ0n) is 11.2. The Bertz CT molecular complexity index is 652. The summed E-state index contributed by atoms with van der Waals surface area (Å²) in [5, 5.41) is 21.4. The first-order chi connectivity index (χ1) is 9.94. The minimum absolute atomic E-state index is 0.115. The molecule has 0 aliphatic rings. The molecule has 112 valence electrons. The van der Waals surface area contributed by atoms with E-state index in [4.69, 9.17) is 10.8 Å². The van der Waals surface area contributed by atoms with Crippen LogP contribution in [0.5, 0.6) is 0 Å². The van der Waals surface area contributed by atoms with E-state index in [0.29, 0.717) is 17.4 Å². The van der Waals surface area contributed by atoms with Crippen LogP contribution < -0.4 is 11.1 Å². The summed E-state index contributed by atoms with van der Waals surface area (Å²) in [7, 11) is 0. The van der Waals surface area contributed by atoms with Gasteiger partial charge in [0.15, 0.2) is 5.13 Å². The van der Waals surface area contributed by atoms with Crippen molar-refractivity contribution in [3.8, 4) is 0 Å². The largest absolute Gasteiger partial charge is 0.480 e. The topological polar surface area (TPSA) is 136 Å². The van der Waals surface area contributed by atoms with Crippen molar-refractivity contribution in [2.24, 2.45) is 5.73 Å². The van der Waals surface area contributed by atoms with Crippen molar-refractivity contribution in [2.45, 2.75) is 25.9 Å². The smallest absolute Gasteiger partial charge is 0.320 e. The number of carboxylic acid groups (broad SMARTS) is 1. The van der Waals surface area contributed by atoms with Crippen molar-refractivity contribution in [1.82, 2.24) is 20.0 Å². The summed E-state index contributed by atoms with van der Waals surface area (Å²) >= 11 is 1.32. The van der Waals surface area contributed by atoms with E-state index in [1.807, 2.05) is 0 Å². The van der Waals surface area contributed by atoms with Gasteiger partial charge in [0.2, 0.25) is 5.91 Å². The highest BCUT2D eigenvalue weighted by Gasteiger charge is 2.14. The van der Waals surface area contributed by atoms with Crippen molar-refractivity contribution in [3.63, 3.8) is 0 Å². The van der Waals surface area contributed by atoms with Crippen LogP contribution in [0.2, 0.25) is 0 Å². The van der Waals surface area contributed by atoms with Crippen LogP contribution >= 0.6 is 11.3 Å². The van der Waals surface area contributed by atoms with E-state index in [2.05, 4.69) is 20.6 Å². The van der Waals surface area contributed by atoms with Crippen molar-refractivity contribution < 1.29 is 14.7 Å². The van der Waals surface area contributed by atoms with Gasteiger partial charge in [-0.25, -0.2) is 9.67 Å². The van der Waals surface area contributed by atoms with E-state index in [1.165, 1.54) is 22.9 Å². The highest BCUT2D eigenvalue weighted by molar-refractivity contribution is 7.13. The van der Waals surface area contributed by atoms with Crippen LogP contribution in [0.1, 0.15) is 18.3 Å². The number of carbonyl (C=O) groups is 2. The Hall–Kier alpha value is -2.33. The monoisotopic (exact) mass is 310 g/mol. The van der Waals surface area contributed by atoms with Crippen LogP contribution in [0.25, 0.3) is 0 Å². The minimum atomic E-state index is -1.08. The number of nitrogens with one attached hydrogen (secondary N) is 1. The number of carboxylic acids is 1. The van der Waals surface area contributed by atoms with Gasteiger partial charge in [-0.15, -0.1) is 16.4 Å². The number of amides is 1. The molecule has 0 aromatic carbocycles. The third-order valence-corrected chi connectivity index (χ3v) is 3.30. The number of aliphatic carboxylic acids is 1. The summed E-state index contributed by atoms with van der Waals surface area (Å²) < 4.78 is 1.54. The van der Waals surface area contributed by atoms with Gasteiger partial charge in [0, 0.05) is 24.9 Å².